The Morgan fingerprint density at radius 3 is 2.60 bits per heavy atom. The molecular formula is C19H29N. The summed E-state index contributed by atoms with van der Waals surface area (Å²) < 4.78 is 0. The maximum Gasteiger partial charge on any atom is 0.0113 e. The Balaban J connectivity index is 1.57. The Morgan fingerprint density at radius 2 is 1.80 bits per heavy atom. The van der Waals surface area contributed by atoms with Gasteiger partial charge in [-0.1, -0.05) is 51.0 Å². The molecule has 2 aliphatic carbocycles. The second kappa shape index (κ2) is 6.30. The predicted octanol–water partition coefficient (Wildman–Crippen LogP) is 4.35. The van der Waals surface area contributed by atoms with E-state index in [0.717, 1.165) is 17.9 Å². The van der Waals surface area contributed by atoms with Crippen LogP contribution in [0.15, 0.2) is 24.3 Å². The summed E-state index contributed by atoms with van der Waals surface area (Å²) in [5.41, 5.74) is 3.15. The van der Waals surface area contributed by atoms with Gasteiger partial charge >= 0.3 is 0 Å². The number of hydrogen-bond donors (Lipinski definition) is 1. The van der Waals surface area contributed by atoms with Crippen LogP contribution in [0, 0.1) is 11.8 Å². The summed E-state index contributed by atoms with van der Waals surface area (Å²) >= 11 is 0. The summed E-state index contributed by atoms with van der Waals surface area (Å²) in [6.07, 6.45) is 9.47. The highest BCUT2D eigenvalue weighted by molar-refractivity contribution is 5.30. The van der Waals surface area contributed by atoms with E-state index >= 15 is 0 Å². The van der Waals surface area contributed by atoms with E-state index in [4.69, 9.17) is 0 Å². The second-order valence-corrected chi connectivity index (χ2v) is 7.24. The molecule has 0 radical (unpaired) electrons. The summed E-state index contributed by atoms with van der Waals surface area (Å²) in [6, 6.07) is 10.5. The first-order valence-electron chi connectivity index (χ1n) is 8.55. The number of nitrogens with one attached hydrogen (secondary N) is 1. The van der Waals surface area contributed by atoms with Gasteiger partial charge in [-0.25, -0.2) is 0 Å². The maximum atomic E-state index is 3.98. The molecule has 3 rings (SSSR count). The van der Waals surface area contributed by atoms with Gasteiger partial charge in [0.05, 0.1) is 0 Å². The van der Waals surface area contributed by atoms with Crippen molar-refractivity contribution in [3.63, 3.8) is 0 Å². The lowest BCUT2D eigenvalue weighted by molar-refractivity contribution is 0.216. The number of aryl methyl sites for hydroxylation is 1. The van der Waals surface area contributed by atoms with Gasteiger partial charge in [0.2, 0.25) is 0 Å². The van der Waals surface area contributed by atoms with Crippen molar-refractivity contribution in [2.24, 2.45) is 11.8 Å². The van der Waals surface area contributed by atoms with Gasteiger partial charge in [0.1, 0.15) is 0 Å². The number of fused-ring (bicyclic) bond motifs is 1. The Bertz CT molecular complexity index is 437. The number of hydrogen-bond acceptors (Lipinski definition) is 1. The molecule has 0 saturated heterocycles. The molecule has 0 heterocycles. The smallest absolute Gasteiger partial charge is 0.0113 e. The zero-order valence-corrected chi connectivity index (χ0v) is 13.1. The first kappa shape index (κ1) is 14.1. The van der Waals surface area contributed by atoms with E-state index in [1.54, 1.807) is 11.1 Å². The molecule has 20 heavy (non-hydrogen) atoms. The van der Waals surface area contributed by atoms with E-state index in [0.29, 0.717) is 6.04 Å². The standard InChI is InChI=1S/C19H29N/c1-14(2)16-8-5-9-18(12-16)20-19-11-10-15-6-3-4-7-17(15)13-19/h3-4,6-7,14,16,18-20H,5,8-13H2,1-2H3. The minimum atomic E-state index is 0.709. The Hall–Kier alpha value is -0.820. The van der Waals surface area contributed by atoms with Gasteiger partial charge in [-0.15, -0.1) is 0 Å². The molecule has 1 heteroatoms. The minimum Gasteiger partial charge on any atom is -0.311 e. The summed E-state index contributed by atoms with van der Waals surface area (Å²) in [4.78, 5) is 0. The van der Waals surface area contributed by atoms with Crippen molar-refractivity contribution in [2.45, 2.75) is 70.9 Å². The average Bonchev–Trinajstić information content (AvgIpc) is 2.47. The van der Waals surface area contributed by atoms with E-state index in [9.17, 15) is 0 Å². The number of benzene rings is 1. The highest BCUT2D eigenvalue weighted by Gasteiger charge is 2.27. The first-order valence-corrected chi connectivity index (χ1v) is 8.55. The minimum absolute atomic E-state index is 0.709. The highest BCUT2D eigenvalue weighted by Crippen LogP contribution is 2.31. The van der Waals surface area contributed by atoms with Crippen LogP contribution in [0.5, 0.6) is 0 Å². The quantitative estimate of drug-likeness (QED) is 0.862. The maximum absolute atomic E-state index is 3.98. The summed E-state index contributed by atoms with van der Waals surface area (Å²) in [6.45, 7) is 4.79. The van der Waals surface area contributed by atoms with Crippen LogP contribution in [-0.4, -0.2) is 12.1 Å². The molecule has 0 aromatic heterocycles. The average molecular weight is 271 g/mol. The van der Waals surface area contributed by atoms with Gasteiger partial charge in [-0.05, 0) is 55.1 Å². The van der Waals surface area contributed by atoms with Crippen molar-refractivity contribution >= 4 is 0 Å². The van der Waals surface area contributed by atoms with Crippen LogP contribution < -0.4 is 5.32 Å². The third-order valence-corrected chi connectivity index (χ3v) is 5.48. The fraction of sp³-hybridized carbons (Fsp3) is 0.684. The van der Waals surface area contributed by atoms with Crippen molar-refractivity contribution in [3.8, 4) is 0 Å². The summed E-state index contributed by atoms with van der Waals surface area (Å²) in [7, 11) is 0. The molecule has 0 spiro atoms. The monoisotopic (exact) mass is 271 g/mol. The highest BCUT2D eigenvalue weighted by atomic mass is 15.0. The Labute approximate surface area is 124 Å². The molecular weight excluding hydrogens is 242 g/mol. The van der Waals surface area contributed by atoms with E-state index in [1.807, 2.05) is 0 Å². The van der Waals surface area contributed by atoms with Gasteiger partial charge in [-0.2, -0.15) is 0 Å². The molecule has 110 valence electrons. The predicted molar refractivity (Wildman–Crippen MR) is 86.0 cm³/mol. The molecule has 1 saturated carbocycles. The molecule has 1 aromatic rings. The zero-order chi connectivity index (χ0) is 13.9. The van der Waals surface area contributed by atoms with Crippen LogP contribution in [-0.2, 0) is 12.8 Å². The normalized spacial score (nSPS) is 30.2. The van der Waals surface area contributed by atoms with Gasteiger partial charge in [0.25, 0.3) is 0 Å². The van der Waals surface area contributed by atoms with E-state index in [-0.39, 0.29) is 0 Å². The molecule has 3 atom stereocenters. The van der Waals surface area contributed by atoms with Crippen molar-refractivity contribution in [2.75, 3.05) is 0 Å². The van der Waals surface area contributed by atoms with Gasteiger partial charge in [-0.3, -0.25) is 0 Å². The van der Waals surface area contributed by atoms with Gasteiger partial charge in [0.15, 0.2) is 0 Å². The van der Waals surface area contributed by atoms with Crippen LogP contribution in [0.4, 0.5) is 0 Å². The molecule has 1 fully saturated rings. The first-order chi connectivity index (χ1) is 9.72. The third-order valence-electron chi connectivity index (χ3n) is 5.48. The number of rotatable bonds is 3. The van der Waals surface area contributed by atoms with E-state index in [1.165, 1.54) is 44.9 Å². The molecule has 1 aromatic carbocycles. The van der Waals surface area contributed by atoms with Crippen LogP contribution in [0.3, 0.4) is 0 Å². The Morgan fingerprint density at radius 1 is 1.00 bits per heavy atom. The second-order valence-electron chi connectivity index (χ2n) is 7.24. The fourth-order valence-electron chi connectivity index (χ4n) is 4.16. The van der Waals surface area contributed by atoms with Crippen molar-refractivity contribution in [1.29, 1.82) is 0 Å². The molecule has 0 amide bonds. The lowest BCUT2D eigenvalue weighted by Crippen LogP contribution is -2.44. The molecule has 1 N–H and O–H groups in total. The Kier molecular flexibility index (Phi) is 4.45. The molecule has 0 bridgehead atoms. The zero-order valence-electron chi connectivity index (χ0n) is 13.1. The molecule has 3 unspecified atom stereocenters. The van der Waals surface area contributed by atoms with Crippen LogP contribution in [0.1, 0.15) is 57.1 Å². The molecule has 1 nitrogen and oxygen atoms in total. The van der Waals surface area contributed by atoms with Gasteiger partial charge in [0, 0.05) is 12.1 Å². The largest absolute Gasteiger partial charge is 0.311 e. The van der Waals surface area contributed by atoms with Gasteiger partial charge < -0.3 is 5.32 Å². The summed E-state index contributed by atoms with van der Waals surface area (Å²) in [5.74, 6) is 1.80. The lowest BCUT2D eigenvalue weighted by atomic mass is 9.78. The summed E-state index contributed by atoms with van der Waals surface area (Å²) in [5, 5.41) is 3.98. The van der Waals surface area contributed by atoms with E-state index < -0.39 is 0 Å². The van der Waals surface area contributed by atoms with Crippen LogP contribution in [0.25, 0.3) is 0 Å². The fourth-order valence-corrected chi connectivity index (χ4v) is 4.16. The van der Waals surface area contributed by atoms with Crippen molar-refractivity contribution in [3.05, 3.63) is 35.4 Å². The lowest BCUT2D eigenvalue weighted by Gasteiger charge is -2.36. The third kappa shape index (κ3) is 3.25. The van der Waals surface area contributed by atoms with Crippen LogP contribution in [0.2, 0.25) is 0 Å². The van der Waals surface area contributed by atoms with Crippen LogP contribution >= 0.6 is 0 Å². The topological polar surface area (TPSA) is 12.0 Å². The molecule has 2 aliphatic rings. The SMILES string of the molecule is CC(C)C1CCCC(NC2CCc3ccccc3C2)C1. The van der Waals surface area contributed by atoms with E-state index in [2.05, 4.69) is 43.4 Å². The molecule has 0 aliphatic heterocycles. The van der Waals surface area contributed by atoms with Crippen molar-refractivity contribution in [1.82, 2.24) is 5.32 Å². The van der Waals surface area contributed by atoms with Crippen molar-refractivity contribution < 1.29 is 0 Å².